The van der Waals surface area contributed by atoms with E-state index in [9.17, 15) is 9.65 Å². The van der Waals surface area contributed by atoms with Gasteiger partial charge < -0.3 is 0 Å². The molecule has 2 unspecified atom stereocenters. The second-order valence-corrected chi connectivity index (χ2v) is 7.54. The van der Waals surface area contributed by atoms with Gasteiger partial charge in [-0.2, -0.15) is 5.26 Å². The number of hydrogen-bond donors (Lipinski definition) is 0. The Morgan fingerprint density at radius 3 is 2.22 bits per heavy atom. The number of rotatable bonds is 9. The lowest BCUT2D eigenvalue weighted by molar-refractivity contribution is 0.207. The van der Waals surface area contributed by atoms with Gasteiger partial charge in [-0.3, -0.25) is 4.90 Å². The van der Waals surface area contributed by atoms with Crippen molar-refractivity contribution in [3.05, 3.63) is 71.5 Å². The fraction of sp³-hybridized carbons (Fsp3) is 0.458. The van der Waals surface area contributed by atoms with Crippen molar-refractivity contribution in [2.75, 3.05) is 13.1 Å². The first-order valence-electron chi connectivity index (χ1n) is 9.91. The lowest BCUT2D eigenvalue weighted by atomic mass is 9.69. The summed E-state index contributed by atoms with van der Waals surface area (Å²) in [7, 11) is 0. The molecule has 3 heteroatoms. The fourth-order valence-electron chi connectivity index (χ4n) is 3.93. The largest absolute Gasteiger partial charge is 0.297 e. The van der Waals surface area contributed by atoms with Gasteiger partial charge in [-0.1, -0.05) is 69.3 Å². The highest BCUT2D eigenvalue weighted by Gasteiger charge is 2.37. The Bertz CT molecular complexity index is 750. The maximum Gasteiger partial charge on any atom is 0.128 e. The molecule has 2 nitrogen and oxygen atoms in total. The summed E-state index contributed by atoms with van der Waals surface area (Å²) in [5.74, 6) is -0.237. The van der Waals surface area contributed by atoms with Crippen molar-refractivity contribution in [1.29, 1.82) is 5.26 Å². The van der Waals surface area contributed by atoms with E-state index in [0.29, 0.717) is 18.0 Å². The van der Waals surface area contributed by atoms with Crippen LogP contribution in [0.3, 0.4) is 0 Å². The van der Waals surface area contributed by atoms with E-state index in [1.165, 1.54) is 11.6 Å². The topological polar surface area (TPSA) is 27.0 Å². The van der Waals surface area contributed by atoms with Crippen LogP contribution in [0.5, 0.6) is 0 Å². The van der Waals surface area contributed by atoms with E-state index < -0.39 is 5.41 Å². The summed E-state index contributed by atoms with van der Waals surface area (Å²) >= 11 is 0. The van der Waals surface area contributed by atoms with Gasteiger partial charge in [0.15, 0.2) is 0 Å². The van der Waals surface area contributed by atoms with Gasteiger partial charge in [-0.05, 0) is 50.4 Å². The number of halogens is 1. The number of nitriles is 1. The summed E-state index contributed by atoms with van der Waals surface area (Å²) in [5.41, 5.74) is 1.03. The molecular weight excluding hydrogens is 335 g/mol. The lowest BCUT2D eigenvalue weighted by Gasteiger charge is -2.34. The molecule has 0 radical (unpaired) electrons. The number of hydrogen-bond acceptors (Lipinski definition) is 2. The lowest BCUT2D eigenvalue weighted by Crippen LogP contribution is -2.34. The second kappa shape index (κ2) is 9.67. The van der Waals surface area contributed by atoms with Crippen molar-refractivity contribution in [1.82, 2.24) is 4.90 Å². The van der Waals surface area contributed by atoms with Crippen molar-refractivity contribution in [2.45, 2.75) is 52.0 Å². The molecule has 2 aromatic rings. The van der Waals surface area contributed by atoms with Crippen molar-refractivity contribution >= 4 is 0 Å². The van der Waals surface area contributed by atoms with Crippen LogP contribution in [0.1, 0.15) is 57.7 Å². The zero-order valence-electron chi connectivity index (χ0n) is 17.0. The molecule has 0 aromatic heterocycles. The van der Waals surface area contributed by atoms with Crippen molar-refractivity contribution in [2.24, 2.45) is 5.92 Å². The Hall–Kier alpha value is -2.18. The van der Waals surface area contributed by atoms with Gasteiger partial charge in [0.1, 0.15) is 5.82 Å². The zero-order valence-corrected chi connectivity index (χ0v) is 17.0. The van der Waals surface area contributed by atoms with Gasteiger partial charge in [0.05, 0.1) is 11.5 Å². The average Bonchev–Trinajstić information content (AvgIpc) is 2.69. The van der Waals surface area contributed by atoms with Gasteiger partial charge in [-0.25, -0.2) is 4.39 Å². The van der Waals surface area contributed by atoms with Crippen LogP contribution < -0.4 is 0 Å². The second-order valence-electron chi connectivity index (χ2n) is 7.54. The predicted molar refractivity (Wildman–Crippen MR) is 110 cm³/mol. The monoisotopic (exact) mass is 366 g/mol. The summed E-state index contributed by atoms with van der Waals surface area (Å²) in [6.07, 6.45) is 1.51. The zero-order chi connectivity index (χ0) is 19.9. The first-order valence-corrected chi connectivity index (χ1v) is 9.91. The van der Waals surface area contributed by atoms with Gasteiger partial charge in [-0.15, -0.1) is 0 Å². The van der Waals surface area contributed by atoms with Crippen LogP contribution in [0.2, 0.25) is 0 Å². The van der Waals surface area contributed by atoms with Crippen LogP contribution in [0.25, 0.3) is 0 Å². The summed E-state index contributed by atoms with van der Waals surface area (Å²) in [6, 6.07) is 20.0. The molecule has 0 fully saturated rings. The molecule has 0 heterocycles. The van der Waals surface area contributed by atoms with Crippen LogP contribution in [0, 0.1) is 23.1 Å². The van der Waals surface area contributed by atoms with Crippen LogP contribution in [0.4, 0.5) is 4.39 Å². The van der Waals surface area contributed by atoms with E-state index in [1.807, 2.05) is 26.0 Å². The predicted octanol–water partition coefficient (Wildman–Crippen LogP) is 6.11. The number of nitrogens with zero attached hydrogens (tertiary/aromatic N) is 2. The molecule has 0 spiro atoms. The minimum Gasteiger partial charge on any atom is -0.297 e. The summed E-state index contributed by atoms with van der Waals surface area (Å²) in [4.78, 5) is 2.42. The van der Waals surface area contributed by atoms with E-state index in [0.717, 1.165) is 19.5 Å². The van der Waals surface area contributed by atoms with Gasteiger partial charge in [0.2, 0.25) is 0 Å². The van der Waals surface area contributed by atoms with Gasteiger partial charge in [0.25, 0.3) is 0 Å². The quantitative estimate of drug-likeness (QED) is 0.535. The highest BCUT2D eigenvalue weighted by molar-refractivity contribution is 5.34. The van der Waals surface area contributed by atoms with E-state index in [1.54, 1.807) is 12.1 Å². The van der Waals surface area contributed by atoms with Crippen LogP contribution in [0.15, 0.2) is 54.6 Å². The van der Waals surface area contributed by atoms with Crippen molar-refractivity contribution in [3.8, 4) is 6.07 Å². The van der Waals surface area contributed by atoms with Gasteiger partial charge >= 0.3 is 0 Å². The van der Waals surface area contributed by atoms with E-state index >= 15 is 0 Å². The van der Waals surface area contributed by atoms with Crippen LogP contribution in [-0.2, 0) is 5.41 Å². The normalized spacial score (nSPS) is 14.7. The molecular formula is C24H31FN2. The molecule has 144 valence electrons. The Balaban J connectivity index is 2.13. The molecule has 0 aliphatic carbocycles. The summed E-state index contributed by atoms with van der Waals surface area (Å²) in [6.45, 7) is 10.2. The third-order valence-corrected chi connectivity index (χ3v) is 5.79. The third-order valence-electron chi connectivity index (χ3n) is 5.79. The average molecular weight is 367 g/mol. The minimum absolute atomic E-state index is 0.0426. The van der Waals surface area contributed by atoms with E-state index in [4.69, 9.17) is 0 Å². The van der Waals surface area contributed by atoms with Crippen LogP contribution in [-0.4, -0.2) is 18.0 Å². The maximum atomic E-state index is 14.5. The Labute approximate surface area is 163 Å². The standard InChI is InChI=1S/C24H31FN2/c1-5-27(20(4)21-12-7-6-8-13-21)17-11-16-24(18-26,19(2)3)22-14-9-10-15-23(22)25/h6-10,12-15,19-20H,5,11,16-17H2,1-4H3. The highest BCUT2D eigenvalue weighted by Crippen LogP contribution is 2.38. The third kappa shape index (κ3) is 4.76. The van der Waals surface area contributed by atoms with Crippen molar-refractivity contribution in [3.63, 3.8) is 0 Å². The highest BCUT2D eigenvalue weighted by atomic mass is 19.1. The Kier molecular flexibility index (Phi) is 7.56. The summed E-state index contributed by atoms with van der Waals surface area (Å²) in [5, 5.41) is 10.0. The Morgan fingerprint density at radius 1 is 1.04 bits per heavy atom. The first-order chi connectivity index (χ1) is 13.0. The molecule has 2 rings (SSSR count). The van der Waals surface area contributed by atoms with Gasteiger partial charge in [0, 0.05) is 11.6 Å². The summed E-state index contributed by atoms with van der Waals surface area (Å²) < 4.78 is 14.5. The molecule has 0 aliphatic heterocycles. The first kappa shape index (κ1) is 21.1. The van der Waals surface area contributed by atoms with Crippen LogP contribution >= 0.6 is 0 Å². The molecule has 0 aliphatic rings. The van der Waals surface area contributed by atoms with E-state index in [2.05, 4.69) is 49.1 Å². The molecule has 27 heavy (non-hydrogen) atoms. The smallest absolute Gasteiger partial charge is 0.128 e. The van der Waals surface area contributed by atoms with E-state index in [-0.39, 0.29) is 11.7 Å². The molecule has 2 atom stereocenters. The fourth-order valence-corrected chi connectivity index (χ4v) is 3.93. The molecule has 0 bridgehead atoms. The molecule has 0 N–H and O–H groups in total. The van der Waals surface area contributed by atoms with Crippen molar-refractivity contribution < 1.29 is 4.39 Å². The minimum atomic E-state index is -0.791. The Morgan fingerprint density at radius 2 is 1.67 bits per heavy atom. The molecule has 0 saturated heterocycles. The number of benzene rings is 2. The maximum absolute atomic E-state index is 14.5. The molecule has 0 saturated carbocycles. The molecule has 2 aromatic carbocycles. The molecule has 0 amide bonds. The SMILES string of the molecule is CCN(CCCC(C#N)(c1ccccc1F)C(C)C)C(C)c1ccccc1.